The molecule has 1 aromatic heterocycles. The Morgan fingerprint density at radius 1 is 1.50 bits per heavy atom. The van der Waals surface area contributed by atoms with E-state index in [1.54, 1.807) is 13.0 Å². The zero-order valence-electron chi connectivity index (χ0n) is 11.6. The average molecular weight is 299 g/mol. The van der Waals surface area contributed by atoms with Gasteiger partial charge in [0.1, 0.15) is 11.6 Å². The lowest BCUT2D eigenvalue weighted by Crippen LogP contribution is -1.98. The van der Waals surface area contributed by atoms with Crippen LogP contribution in [0.15, 0.2) is 35.9 Å². The lowest BCUT2D eigenvalue weighted by atomic mass is 10.2. The molecular formula is C13H18FN3O2S. The van der Waals surface area contributed by atoms with Gasteiger partial charge in [-0.05, 0) is 31.3 Å². The van der Waals surface area contributed by atoms with Crippen LogP contribution in [0.2, 0.25) is 0 Å². The van der Waals surface area contributed by atoms with Gasteiger partial charge >= 0.3 is 0 Å². The summed E-state index contributed by atoms with van der Waals surface area (Å²) in [5.41, 5.74) is 6.02. The molecule has 0 unspecified atom stereocenters. The summed E-state index contributed by atoms with van der Waals surface area (Å²) in [5, 5.41) is 7.92. The number of anilines is 1. The van der Waals surface area contributed by atoms with Gasteiger partial charge in [-0.15, -0.1) is 5.10 Å². The van der Waals surface area contributed by atoms with E-state index >= 15 is 0 Å². The van der Waals surface area contributed by atoms with Crippen molar-refractivity contribution in [2.24, 2.45) is 0 Å². The second kappa shape index (κ2) is 8.31. The van der Waals surface area contributed by atoms with Gasteiger partial charge in [0, 0.05) is 12.0 Å². The summed E-state index contributed by atoms with van der Waals surface area (Å²) in [6, 6.07) is 0. The summed E-state index contributed by atoms with van der Waals surface area (Å²) in [6.45, 7) is 8.03. The maximum Gasteiger partial charge on any atom is 0.295 e. The van der Waals surface area contributed by atoms with Crippen LogP contribution in [-0.4, -0.2) is 23.4 Å². The Morgan fingerprint density at radius 3 is 2.80 bits per heavy atom. The summed E-state index contributed by atoms with van der Waals surface area (Å²) < 4.78 is 24.2. The Bertz CT molecular complexity index is 511. The summed E-state index contributed by atoms with van der Waals surface area (Å²) in [6.07, 6.45) is 3.25. The van der Waals surface area contributed by atoms with Gasteiger partial charge in [-0.1, -0.05) is 17.8 Å². The summed E-state index contributed by atoms with van der Waals surface area (Å²) >= 11 is 1.12. The van der Waals surface area contributed by atoms with E-state index in [1.165, 1.54) is 6.08 Å². The predicted molar refractivity (Wildman–Crippen MR) is 78.1 cm³/mol. The first-order valence-electron chi connectivity index (χ1n) is 6.13. The molecule has 1 heterocycles. The third kappa shape index (κ3) is 5.40. The molecule has 20 heavy (non-hydrogen) atoms. The third-order valence-corrected chi connectivity index (χ3v) is 2.92. The fourth-order valence-electron chi connectivity index (χ4n) is 1.34. The van der Waals surface area contributed by atoms with Crippen molar-refractivity contribution in [2.45, 2.75) is 20.3 Å². The highest BCUT2D eigenvalue weighted by atomic mass is 32.1. The summed E-state index contributed by atoms with van der Waals surface area (Å²) in [5.74, 6) is 0.124. The van der Waals surface area contributed by atoms with E-state index in [0.29, 0.717) is 28.3 Å². The Labute approximate surface area is 121 Å². The molecule has 0 aromatic carbocycles. The minimum atomic E-state index is -0.323. The number of nitrogen functional groups attached to an aromatic ring is 1. The van der Waals surface area contributed by atoms with Crippen molar-refractivity contribution in [1.29, 1.82) is 0 Å². The topological polar surface area (TPSA) is 70.3 Å². The van der Waals surface area contributed by atoms with Crippen molar-refractivity contribution in [1.82, 2.24) is 10.2 Å². The number of rotatable bonds is 8. The second-order valence-electron chi connectivity index (χ2n) is 3.70. The third-order valence-electron chi connectivity index (χ3n) is 2.25. The molecule has 0 bridgehead atoms. The zero-order chi connectivity index (χ0) is 15.0. The molecule has 110 valence electrons. The van der Waals surface area contributed by atoms with Gasteiger partial charge in [-0.3, -0.25) is 0 Å². The van der Waals surface area contributed by atoms with Crippen molar-refractivity contribution in [3.63, 3.8) is 0 Å². The fourth-order valence-corrected chi connectivity index (χ4v) is 1.82. The van der Waals surface area contributed by atoms with Gasteiger partial charge in [0.25, 0.3) is 5.19 Å². The molecule has 0 saturated heterocycles. The van der Waals surface area contributed by atoms with Crippen LogP contribution in [0.5, 0.6) is 5.19 Å². The quantitative estimate of drug-likeness (QED) is 0.589. The van der Waals surface area contributed by atoms with Crippen LogP contribution in [0.25, 0.3) is 0 Å². The lowest BCUT2D eigenvalue weighted by Gasteiger charge is -2.07. The fraction of sp³-hybridized carbons (Fsp3) is 0.385. The van der Waals surface area contributed by atoms with Gasteiger partial charge < -0.3 is 15.2 Å². The van der Waals surface area contributed by atoms with E-state index in [0.717, 1.165) is 11.3 Å². The van der Waals surface area contributed by atoms with Gasteiger partial charge in [0.15, 0.2) is 0 Å². The lowest BCUT2D eigenvalue weighted by molar-refractivity contribution is 0.240. The molecule has 0 atom stereocenters. The van der Waals surface area contributed by atoms with E-state index in [4.69, 9.17) is 15.2 Å². The SMILES string of the molecule is C=C(OCC)C(/C=C(/F)CCOc1nnc(N)s1)=C/C. The first-order chi connectivity index (χ1) is 9.56. The number of halogens is 1. The van der Waals surface area contributed by atoms with E-state index in [1.807, 2.05) is 6.92 Å². The van der Waals surface area contributed by atoms with E-state index in [9.17, 15) is 4.39 Å². The average Bonchev–Trinajstić information content (AvgIpc) is 2.82. The molecule has 2 N–H and O–H groups in total. The minimum Gasteiger partial charge on any atom is -0.494 e. The molecule has 5 nitrogen and oxygen atoms in total. The molecule has 0 aliphatic heterocycles. The molecule has 0 radical (unpaired) electrons. The Hall–Kier alpha value is -1.89. The van der Waals surface area contributed by atoms with Crippen molar-refractivity contribution < 1.29 is 13.9 Å². The van der Waals surface area contributed by atoms with Crippen molar-refractivity contribution >= 4 is 16.5 Å². The highest BCUT2D eigenvalue weighted by Gasteiger charge is 2.05. The monoisotopic (exact) mass is 299 g/mol. The normalized spacial score (nSPS) is 12.3. The number of nitrogens with two attached hydrogens (primary N) is 1. The Kier molecular flexibility index (Phi) is 6.72. The number of ether oxygens (including phenoxy) is 2. The molecule has 1 rings (SSSR count). The highest BCUT2D eigenvalue weighted by Crippen LogP contribution is 2.20. The van der Waals surface area contributed by atoms with Crippen molar-refractivity contribution in [3.8, 4) is 5.19 Å². The first kappa shape index (κ1) is 16.2. The number of hydrogen-bond donors (Lipinski definition) is 1. The molecule has 0 aliphatic carbocycles. The molecule has 0 fully saturated rings. The van der Waals surface area contributed by atoms with Crippen LogP contribution in [0.1, 0.15) is 20.3 Å². The van der Waals surface area contributed by atoms with Crippen LogP contribution in [0, 0.1) is 0 Å². The predicted octanol–water partition coefficient (Wildman–Crippen LogP) is 3.24. The zero-order valence-corrected chi connectivity index (χ0v) is 12.4. The number of allylic oxidation sites excluding steroid dienone is 2. The van der Waals surface area contributed by atoms with Crippen LogP contribution in [0.4, 0.5) is 9.52 Å². The van der Waals surface area contributed by atoms with Gasteiger partial charge in [0.2, 0.25) is 5.13 Å². The van der Waals surface area contributed by atoms with Gasteiger partial charge in [-0.2, -0.15) is 0 Å². The molecular weight excluding hydrogens is 281 g/mol. The maximum absolute atomic E-state index is 13.7. The molecule has 0 aliphatic rings. The highest BCUT2D eigenvalue weighted by molar-refractivity contribution is 7.16. The smallest absolute Gasteiger partial charge is 0.295 e. The van der Waals surface area contributed by atoms with Crippen LogP contribution in [0.3, 0.4) is 0 Å². The summed E-state index contributed by atoms with van der Waals surface area (Å²) in [4.78, 5) is 0. The second-order valence-corrected chi connectivity index (χ2v) is 4.67. The molecule has 1 aromatic rings. The standard InChI is InChI=1S/C13H18FN3O2S/c1-4-10(9(3)18-5-2)8-11(14)6-7-19-13-17-16-12(15)20-13/h4,8H,3,5-7H2,1-2H3,(H2,15,16)/b10-4+,11-8+. The van der Waals surface area contributed by atoms with Gasteiger partial charge in [-0.25, -0.2) is 4.39 Å². The summed E-state index contributed by atoms with van der Waals surface area (Å²) in [7, 11) is 0. The van der Waals surface area contributed by atoms with E-state index in [2.05, 4.69) is 16.8 Å². The largest absolute Gasteiger partial charge is 0.494 e. The number of hydrogen-bond acceptors (Lipinski definition) is 6. The minimum absolute atomic E-state index is 0.121. The molecule has 0 spiro atoms. The van der Waals surface area contributed by atoms with Crippen LogP contribution < -0.4 is 10.5 Å². The van der Waals surface area contributed by atoms with Crippen molar-refractivity contribution in [2.75, 3.05) is 18.9 Å². The van der Waals surface area contributed by atoms with Crippen LogP contribution >= 0.6 is 11.3 Å². The Morgan fingerprint density at radius 2 is 2.25 bits per heavy atom. The molecule has 0 amide bonds. The van der Waals surface area contributed by atoms with Crippen LogP contribution in [-0.2, 0) is 4.74 Å². The Balaban J connectivity index is 2.46. The first-order valence-corrected chi connectivity index (χ1v) is 6.94. The molecule has 0 saturated carbocycles. The van der Waals surface area contributed by atoms with E-state index in [-0.39, 0.29) is 18.9 Å². The molecule has 7 heteroatoms. The van der Waals surface area contributed by atoms with Gasteiger partial charge in [0.05, 0.1) is 13.2 Å². The number of nitrogens with zero attached hydrogens (tertiary/aromatic N) is 2. The maximum atomic E-state index is 13.7. The van der Waals surface area contributed by atoms with Crippen molar-refractivity contribution in [3.05, 3.63) is 35.9 Å². The number of aromatic nitrogens is 2. The van der Waals surface area contributed by atoms with E-state index < -0.39 is 0 Å².